The average molecular weight is 524 g/mol. The number of carbonyl (C=O) groups is 1. The van der Waals surface area contributed by atoms with E-state index >= 15 is 0 Å². The van der Waals surface area contributed by atoms with E-state index in [1.54, 1.807) is 53.4 Å². The molecular formula is C28H23F2NO5S. The van der Waals surface area contributed by atoms with E-state index in [0.29, 0.717) is 16.9 Å². The number of hydrogen-bond donors (Lipinski definition) is 0. The van der Waals surface area contributed by atoms with Crippen LogP contribution in [-0.2, 0) is 23.2 Å². The molecular weight excluding hydrogens is 500 g/mol. The number of para-hydroxylation sites is 1. The molecule has 0 saturated carbocycles. The molecule has 0 fully saturated rings. The second-order valence-corrected chi connectivity index (χ2v) is 9.67. The highest BCUT2D eigenvalue weighted by Gasteiger charge is 2.21. The third-order valence-corrected chi connectivity index (χ3v) is 6.78. The molecule has 0 aromatic heterocycles. The van der Waals surface area contributed by atoms with Gasteiger partial charge in [-0.15, -0.1) is 0 Å². The third-order valence-electron chi connectivity index (χ3n) is 5.52. The van der Waals surface area contributed by atoms with E-state index in [9.17, 15) is 22.0 Å². The van der Waals surface area contributed by atoms with Crippen molar-refractivity contribution in [3.63, 3.8) is 0 Å². The molecule has 0 bridgehead atoms. The van der Waals surface area contributed by atoms with Gasteiger partial charge in [0.25, 0.3) is 5.91 Å². The number of rotatable bonds is 9. The Kier molecular flexibility index (Phi) is 7.83. The lowest BCUT2D eigenvalue weighted by Gasteiger charge is -2.24. The Bertz CT molecular complexity index is 1470. The van der Waals surface area contributed by atoms with Gasteiger partial charge >= 0.3 is 10.1 Å². The summed E-state index contributed by atoms with van der Waals surface area (Å²) in [5.41, 5.74) is 1.81. The molecule has 6 nitrogen and oxygen atoms in total. The first-order valence-electron chi connectivity index (χ1n) is 11.2. The minimum atomic E-state index is -4.14. The van der Waals surface area contributed by atoms with Gasteiger partial charge in [0.1, 0.15) is 28.0 Å². The molecule has 0 N–H and O–H groups in total. The van der Waals surface area contributed by atoms with E-state index in [1.807, 2.05) is 0 Å². The molecule has 0 aliphatic heterocycles. The van der Waals surface area contributed by atoms with Crippen molar-refractivity contribution in [1.82, 2.24) is 4.90 Å². The number of methoxy groups -OCH3 is 1. The van der Waals surface area contributed by atoms with Crippen LogP contribution >= 0.6 is 0 Å². The number of hydrogen-bond acceptors (Lipinski definition) is 5. The lowest BCUT2D eigenvalue weighted by atomic mass is 10.1. The van der Waals surface area contributed by atoms with Crippen molar-refractivity contribution >= 4 is 16.0 Å². The van der Waals surface area contributed by atoms with Gasteiger partial charge in [-0.2, -0.15) is 8.42 Å². The van der Waals surface area contributed by atoms with Crippen molar-refractivity contribution in [2.24, 2.45) is 0 Å². The smallest absolute Gasteiger partial charge is 0.339 e. The molecule has 190 valence electrons. The van der Waals surface area contributed by atoms with Crippen molar-refractivity contribution in [3.8, 4) is 11.5 Å². The maximum atomic E-state index is 13.5. The quantitative estimate of drug-likeness (QED) is 0.268. The van der Waals surface area contributed by atoms with Gasteiger partial charge < -0.3 is 13.8 Å². The van der Waals surface area contributed by atoms with Crippen LogP contribution in [0.15, 0.2) is 102 Å². The van der Waals surface area contributed by atoms with Crippen LogP contribution in [0, 0.1) is 11.6 Å². The summed E-state index contributed by atoms with van der Waals surface area (Å²) >= 11 is 0. The van der Waals surface area contributed by atoms with Gasteiger partial charge in [0.2, 0.25) is 0 Å². The minimum Gasteiger partial charge on any atom is -0.496 e. The zero-order valence-electron chi connectivity index (χ0n) is 19.8. The summed E-state index contributed by atoms with van der Waals surface area (Å²) in [6.07, 6.45) is 0. The standard InChI is InChI=1S/C28H23F2NO5S/c1-35-27-5-3-2-4-26(27)28(32)31(18-20-6-10-22(29)11-7-20)19-21-8-14-24(15-9-21)36-37(33,34)25-16-12-23(30)13-17-25/h2-17H,18-19H2,1H3. The van der Waals surface area contributed by atoms with E-state index in [2.05, 4.69) is 0 Å². The minimum absolute atomic E-state index is 0.0641. The Labute approximate surface area is 213 Å². The molecule has 0 heterocycles. The number of ether oxygens (including phenoxy) is 1. The fraction of sp³-hybridized carbons (Fsp3) is 0.107. The summed E-state index contributed by atoms with van der Waals surface area (Å²) in [6.45, 7) is 0.383. The van der Waals surface area contributed by atoms with Crippen LogP contribution in [0.25, 0.3) is 0 Å². The number of amides is 1. The summed E-state index contributed by atoms with van der Waals surface area (Å²) in [5, 5.41) is 0. The van der Waals surface area contributed by atoms with E-state index in [-0.39, 0.29) is 35.5 Å². The van der Waals surface area contributed by atoms with Gasteiger partial charge in [0.15, 0.2) is 0 Å². The van der Waals surface area contributed by atoms with Crippen molar-refractivity contribution in [2.45, 2.75) is 18.0 Å². The molecule has 0 unspecified atom stereocenters. The number of carbonyl (C=O) groups excluding carboxylic acids is 1. The van der Waals surface area contributed by atoms with Gasteiger partial charge in [0.05, 0.1) is 12.7 Å². The summed E-state index contributed by atoms with van der Waals surface area (Å²) in [6, 6.07) is 23.3. The van der Waals surface area contributed by atoms with Gasteiger partial charge in [-0.3, -0.25) is 4.79 Å². The van der Waals surface area contributed by atoms with Crippen molar-refractivity contribution in [2.75, 3.05) is 7.11 Å². The summed E-state index contributed by atoms with van der Waals surface area (Å²) in [4.78, 5) is 14.9. The predicted octanol–water partition coefficient (Wildman–Crippen LogP) is 5.58. The fourth-order valence-electron chi connectivity index (χ4n) is 3.65. The zero-order chi connectivity index (χ0) is 26.4. The average Bonchev–Trinajstić information content (AvgIpc) is 2.90. The third kappa shape index (κ3) is 6.50. The summed E-state index contributed by atoms with van der Waals surface area (Å²) in [7, 11) is -2.66. The maximum Gasteiger partial charge on any atom is 0.339 e. The Morgan fingerprint density at radius 3 is 1.84 bits per heavy atom. The highest BCUT2D eigenvalue weighted by molar-refractivity contribution is 7.87. The predicted molar refractivity (Wildman–Crippen MR) is 134 cm³/mol. The highest BCUT2D eigenvalue weighted by Crippen LogP contribution is 2.24. The van der Waals surface area contributed by atoms with Crippen LogP contribution in [-0.4, -0.2) is 26.3 Å². The van der Waals surface area contributed by atoms with E-state index in [0.717, 1.165) is 29.8 Å². The van der Waals surface area contributed by atoms with Crippen molar-refractivity contribution in [1.29, 1.82) is 0 Å². The largest absolute Gasteiger partial charge is 0.496 e. The summed E-state index contributed by atoms with van der Waals surface area (Å²) in [5.74, 6) is -0.741. The monoisotopic (exact) mass is 523 g/mol. The highest BCUT2D eigenvalue weighted by atomic mass is 32.2. The Balaban J connectivity index is 1.55. The molecule has 0 aliphatic carbocycles. The molecule has 4 aromatic rings. The van der Waals surface area contributed by atoms with Crippen LogP contribution in [0.5, 0.6) is 11.5 Å². The molecule has 4 rings (SSSR count). The molecule has 0 saturated heterocycles. The molecule has 0 atom stereocenters. The van der Waals surface area contributed by atoms with Gasteiger partial charge in [-0.25, -0.2) is 8.78 Å². The van der Waals surface area contributed by atoms with Crippen LogP contribution in [0.2, 0.25) is 0 Å². The van der Waals surface area contributed by atoms with Crippen LogP contribution < -0.4 is 8.92 Å². The maximum absolute atomic E-state index is 13.5. The molecule has 0 spiro atoms. The molecule has 37 heavy (non-hydrogen) atoms. The molecule has 0 aliphatic rings. The Hall–Kier alpha value is -4.24. The SMILES string of the molecule is COc1ccccc1C(=O)N(Cc1ccc(F)cc1)Cc1ccc(OS(=O)(=O)c2ccc(F)cc2)cc1. The number of nitrogens with zero attached hydrogens (tertiary/aromatic N) is 1. The first-order valence-corrected chi connectivity index (χ1v) is 12.6. The second-order valence-electron chi connectivity index (χ2n) is 8.12. The molecule has 4 aromatic carbocycles. The van der Waals surface area contributed by atoms with Crippen molar-refractivity contribution < 1.29 is 30.9 Å². The number of halogens is 2. The van der Waals surface area contributed by atoms with Crippen LogP contribution in [0.4, 0.5) is 8.78 Å². The second kappa shape index (κ2) is 11.2. The van der Waals surface area contributed by atoms with Crippen molar-refractivity contribution in [3.05, 3.63) is 125 Å². The fourth-order valence-corrected chi connectivity index (χ4v) is 4.58. The van der Waals surface area contributed by atoms with Gasteiger partial charge in [-0.1, -0.05) is 36.4 Å². The first kappa shape index (κ1) is 25.8. The lowest BCUT2D eigenvalue weighted by molar-refractivity contribution is 0.0726. The Morgan fingerprint density at radius 2 is 1.27 bits per heavy atom. The zero-order valence-corrected chi connectivity index (χ0v) is 20.6. The number of benzene rings is 4. The molecule has 1 amide bonds. The topological polar surface area (TPSA) is 72.9 Å². The first-order chi connectivity index (χ1) is 17.7. The van der Waals surface area contributed by atoms with Gasteiger partial charge in [-0.05, 0) is 71.8 Å². The van der Waals surface area contributed by atoms with Crippen LogP contribution in [0.3, 0.4) is 0 Å². The van der Waals surface area contributed by atoms with E-state index in [1.165, 1.54) is 31.4 Å². The van der Waals surface area contributed by atoms with Crippen LogP contribution in [0.1, 0.15) is 21.5 Å². The van der Waals surface area contributed by atoms with E-state index in [4.69, 9.17) is 8.92 Å². The van der Waals surface area contributed by atoms with Gasteiger partial charge in [0, 0.05) is 13.1 Å². The lowest BCUT2D eigenvalue weighted by Crippen LogP contribution is -2.30. The Morgan fingerprint density at radius 1 is 0.757 bits per heavy atom. The molecule has 9 heteroatoms. The molecule has 0 radical (unpaired) electrons. The summed E-state index contributed by atoms with van der Waals surface area (Å²) < 4.78 is 62.0. The normalized spacial score (nSPS) is 11.1. The van der Waals surface area contributed by atoms with E-state index < -0.39 is 15.9 Å².